The van der Waals surface area contributed by atoms with Crippen LogP contribution in [0, 0.1) is 0 Å². The Morgan fingerprint density at radius 3 is 2.93 bits per heavy atom. The van der Waals surface area contributed by atoms with Gasteiger partial charge in [-0.2, -0.15) is 0 Å². The average molecular weight is 270 g/mol. The van der Waals surface area contributed by atoms with Gasteiger partial charge in [0.2, 0.25) is 0 Å². The monoisotopic (exact) mass is 269 g/mol. The van der Waals surface area contributed by atoms with E-state index in [0.29, 0.717) is 0 Å². The lowest BCUT2D eigenvalue weighted by Gasteiger charge is -2.00. The first kappa shape index (κ1) is 9.83. The second kappa shape index (κ2) is 4.21. The summed E-state index contributed by atoms with van der Waals surface area (Å²) < 4.78 is 0.812. The average Bonchev–Trinajstić information content (AvgIpc) is 2.65. The number of aliphatic hydroxyl groups is 1. The third-order valence-electron chi connectivity index (χ3n) is 1.86. The molecular weight excluding hydrogens is 262 g/mol. The number of pyridine rings is 1. The summed E-state index contributed by atoms with van der Waals surface area (Å²) in [5.41, 5.74) is 1.83. The van der Waals surface area contributed by atoms with Gasteiger partial charge in [0.15, 0.2) is 0 Å². The molecule has 0 atom stereocenters. The number of aromatic nitrogens is 1. The van der Waals surface area contributed by atoms with Gasteiger partial charge in [0, 0.05) is 0 Å². The van der Waals surface area contributed by atoms with Crippen molar-refractivity contribution in [1.82, 2.24) is 4.98 Å². The highest BCUT2D eigenvalue weighted by Crippen LogP contribution is 2.28. The first-order chi connectivity index (χ1) is 6.81. The van der Waals surface area contributed by atoms with Crippen LogP contribution < -0.4 is 0 Å². The van der Waals surface area contributed by atoms with E-state index in [4.69, 9.17) is 5.11 Å². The fourth-order valence-corrected chi connectivity index (χ4v) is 2.45. The quantitative estimate of drug-likeness (QED) is 0.851. The molecule has 0 spiro atoms. The number of hydrogen-bond donors (Lipinski definition) is 1. The molecule has 0 bridgehead atoms. The van der Waals surface area contributed by atoms with Crippen LogP contribution in [0.5, 0.6) is 0 Å². The molecule has 2 heterocycles. The van der Waals surface area contributed by atoms with E-state index in [1.807, 2.05) is 29.6 Å². The van der Waals surface area contributed by atoms with Crippen LogP contribution in [0.25, 0.3) is 10.6 Å². The minimum Gasteiger partial charge on any atom is -0.392 e. The van der Waals surface area contributed by atoms with Crippen LogP contribution in [0.1, 0.15) is 5.56 Å². The smallest absolute Gasteiger partial charge is 0.106 e. The number of thiophene rings is 1. The summed E-state index contributed by atoms with van der Waals surface area (Å²) in [6.45, 7) is 0.0625. The maximum Gasteiger partial charge on any atom is 0.106 e. The van der Waals surface area contributed by atoms with Gasteiger partial charge < -0.3 is 5.11 Å². The van der Waals surface area contributed by atoms with Crippen LogP contribution in [-0.2, 0) is 6.61 Å². The lowest BCUT2D eigenvalue weighted by atomic mass is 10.2. The highest BCUT2D eigenvalue weighted by atomic mass is 79.9. The third kappa shape index (κ3) is 1.87. The molecule has 72 valence electrons. The van der Waals surface area contributed by atoms with Gasteiger partial charge in [0.25, 0.3) is 0 Å². The Balaban J connectivity index is 2.49. The molecular formula is C10H8BrNOS. The predicted molar refractivity (Wildman–Crippen MR) is 61.2 cm³/mol. The summed E-state index contributed by atoms with van der Waals surface area (Å²) in [5.74, 6) is 0. The summed E-state index contributed by atoms with van der Waals surface area (Å²) in [4.78, 5) is 5.38. The number of nitrogens with zero attached hydrogens (tertiary/aromatic N) is 1. The molecule has 2 rings (SSSR count). The van der Waals surface area contributed by atoms with Crippen LogP contribution in [0.15, 0.2) is 34.2 Å². The van der Waals surface area contributed by atoms with E-state index in [-0.39, 0.29) is 6.61 Å². The van der Waals surface area contributed by atoms with Crippen molar-refractivity contribution in [2.45, 2.75) is 6.61 Å². The first-order valence-corrected chi connectivity index (χ1v) is 5.78. The van der Waals surface area contributed by atoms with Crippen molar-refractivity contribution in [2.24, 2.45) is 0 Å². The second-order valence-electron chi connectivity index (χ2n) is 2.78. The molecule has 0 fully saturated rings. The molecule has 2 nitrogen and oxygen atoms in total. The fourth-order valence-electron chi connectivity index (χ4n) is 1.22. The topological polar surface area (TPSA) is 33.1 Å². The second-order valence-corrected chi connectivity index (χ2v) is 4.51. The Hall–Kier alpha value is -0.710. The number of rotatable bonds is 2. The molecule has 0 saturated heterocycles. The molecule has 2 aromatic rings. The summed E-state index contributed by atoms with van der Waals surface area (Å²) in [6, 6.07) is 7.68. The normalized spacial score (nSPS) is 10.4. The summed E-state index contributed by atoms with van der Waals surface area (Å²) in [6.07, 6.45) is 0. The Labute approximate surface area is 94.4 Å². The van der Waals surface area contributed by atoms with Crippen molar-refractivity contribution in [3.63, 3.8) is 0 Å². The molecule has 14 heavy (non-hydrogen) atoms. The van der Waals surface area contributed by atoms with Crippen molar-refractivity contribution >= 4 is 27.3 Å². The molecule has 4 heteroatoms. The standard InChI is InChI=1S/C10H8BrNOS/c11-9-3-1-2-8(12-9)10-7(6-13)4-5-14-10/h1-5,13H,6H2. The van der Waals surface area contributed by atoms with Gasteiger partial charge >= 0.3 is 0 Å². The molecule has 2 aromatic heterocycles. The van der Waals surface area contributed by atoms with Crippen molar-refractivity contribution in [2.75, 3.05) is 0 Å². The minimum atomic E-state index is 0.0625. The van der Waals surface area contributed by atoms with Crippen LogP contribution in [-0.4, -0.2) is 10.1 Å². The maximum atomic E-state index is 9.11. The van der Waals surface area contributed by atoms with E-state index in [2.05, 4.69) is 20.9 Å². The van der Waals surface area contributed by atoms with Crippen molar-refractivity contribution in [3.8, 4) is 10.6 Å². The van der Waals surface area contributed by atoms with E-state index >= 15 is 0 Å². The van der Waals surface area contributed by atoms with Gasteiger partial charge in [-0.15, -0.1) is 11.3 Å². The SMILES string of the molecule is OCc1ccsc1-c1cccc(Br)n1. The molecule has 0 radical (unpaired) electrons. The summed E-state index contributed by atoms with van der Waals surface area (Å²) >= 11 is 4.92. The highest BCUT2D eigenvalue weighted by molar-refractivity contribution is 9.10. The van der Waals surface area contributed by atoms with E-state index in [1.54, 1.807) is 11.3 Å². The summed E-state index contributed by atoms with van der Waals surface area (Å²) in [5, 5.41) is 11.1. The van der Waals surface area contributed by atoms with Gasteiger partial charge in [-0.05, 0) is 45.1 Å². The van der Waals surface area contributed by atoms with E-state index in [9.17, 15) is 0 Å². The van der Waals surface area contributed by atoms with Crippen LogP contribution in [0.3, 0.4) is 0 Å². The van der Waals surface area contributed by atoms with Gasteiger partial charge in [-0.1, -0.05) is 6.07 Å². The van der Waals surface area contributed by atoms with E-state index in [0.717, 1.165) is 20.7 Å². The third-order valence-corrected chi connectivity index (χ3v) is 3.29. The molecule has 0 aliphatic rings. The van der Waals surface area contributed by atoms with Crippen LogP contribution >= 0.6 is 27.3 Å². The number of aliphatic hydroxyl groups excluding tert-OH is 1. The van der Waals surface area contributed by atoms with E-state index < -0.39 is 0 Å². The van der Waals surface area contributed by atoms with Gasteiger partial charge in [-0.25, -0.2) is 4.98 Å². The largest absolute Gasteiger partial charge is 0.392 e. The highest BCUT2D eigenvalue weighted by Gasteiger charge is 2.06. The first-order valence-electron chi connectivity index (χ1n) is 4.11. The molecule has 0 saturated carbocycles. The van der Waals surface area contributed by atoms with Crippen molar-refractivity contribution < 1.29 is 5.11 Å². The Bertz CT molecular complexity index is 441. The Kier molecular flexibility index (Phi) is 2.96. The van der Waals surface area contributed by atoms with Crippen molar-refractivity contribution in [3.05, 3.63) is 39.8 Å². The molecule has 0 amide bonds. The van der Waals surface area contributed by atoms with E-state index in [1.165, 1.54) is 0 Å². The zero-order chi connectivity index (χ0) is 9.97. The Morgan fingerprint density at radius 2 is 2.21 bits per heavy atom. The molecule has 1 N–H and O–H groups in total. The van der Waals surface area contributed by atoms with Crippen LogP contribution in [0.4, 0.5) is 0 Å². The van der Waals surface area contributed by atoms with Crippen LogP contribution in [0.2, 0.25) is 0 Å². The maximum absolute atomic E-state index is 9.11. The zero-order valence-corrected chi connectivity index (χ0v) is 9.68. The minimum absolute atomic E-state index is 0.0625. The lowest BCUT2D eigenvalue weighted by Crippen LogP contribution is -1.86. The molecule has 0 aliphatic carbocycles. The summed E-state index contributed by atoms with van der Waals surface area (Å²) in [7, 11) is 0. The number of hydrogen-bond acceptors (Lipinski definition) is 3. The fraction of sp³-hybridized carbons (Fsp3) is 0.100. The zero-order valence-electron chi connectivity index (χ0n) is 7.27. The molecule has 0 aromatic carbocycles. The van der Waals surface area contributed by atoms with Gasteiger partial charge in [0.1, 0.15) is 4.60 Å². The van der Waals surface area contributed by atoms with Crippen molar-refractivity contribution in [1.29, 1.82) is 0 Å². The molecule has 0 unspecified atom stereocenters. The number of halogens is 1. The lowest BCUT2D eigenvalue weighted by molar-refractivity contribution is 0.283. The van der Waals surface area contributed by atoms with Gasteiger partial charge in [-0.3, -0.25) is 0 Å². The molecule has 0 aliphatic heterocycles. The van der Waals surface area contributed by atoms with Gasteiger partial charge in [0.05, 0.1) is 17.2 Å². The Morgan fingerprint density at radius 1 is 1.36 bits per heavy atom. The predicted octanol–water partition coefficient (Wildman–Crippen LogP) is 3.06.